The molecule has 0 bridgehead atoms. The van der Waals surface area contributed by atoms with Gasteiger partial charge in [0, 0.05) is 16.1 Å². The molecule has 1 atom stereocenters. The summed E-state index contributed by atoms with van der Waals surface area (Å²) >= 11 is 3.14. The monoisotopic (exact) mass is 382 g/mol. The molecule has 0 radical (unpaired) electrons. The number of hydrogen-bond acceptors (Lipinski definition) is 4. The van der Waals surface area contributed by atoms with Gasteiger partial charge in [0.2, 0.25) is 5.91 Å². The Morgan fingerprint density at radius 2 is 1.87 bits per heavy atom. The maximum absolute atomic E-state index is 12.2. The van der Waals surface area contributed by atoms with Crippen molar-refractivity contribution in [2.24, 2.45) is 0 Å². The highest BCUT2D eigenvalue weighted by Gasteiger charge is 2.40. The molecule has 2 N–H and O–H groups in total. The van der Waals surface area contributed by atoms with Gasteiger partial charge in [-0.1, -0.05) is 15.9 Å². The number of carbonyl (C=O) groups excluding carboxylic acids is 3. The van der Waals surface area contributed by atoms with E-state index in [1.54, 1.807) is 13.8 Å². The molecule has 1 unspecified atom stereocenters. The highest BCUT2D eigenvalue weighted by atomic mass is 79.9. The Kier molecular flexibility index (Phi) is 4.84. The second-order valence-corrected chi connectivity index (χ2v) is 6.38. The number of rotatable bonds is 4. The second-order valence-electron chi connectivity index (χ2n) is 5.46. The summed E-state index contributed by atoms with van der Waals surface area (Å²) in [4.78, 5) is 48.4. The van der Waals surface area contributed by atoms with E-state index in [0.29, 0.717) is 4.47 Å². The second kappa shape index (κ2) is 6.49. The van der Waals surface area contributed by atoms with E-state index >= 15 is 0 Å². The van der Waals surface area contributed by atoms with Crippen LogP contribution < -0.4 is 5.32 Å². The van der Waals surface area contributed by atoms with E-state index in [-0.39, 0.29) is 29.5 Å². The number of hydrogen-bond donors (Lipinski definition) is 2. The molecule has 23 heavy (non-hydrogen) atoms. The minimum Gasteiger partial charge on any atom is -0.478 e. The Labute approximate surface area is 140 Å². The molecule has 8 heteroatoms. The summed E-state index contributed by atoms with van der Waals surface area (Å²) in [6.07, 6.45) is -0.0947. The van der Waals surface area contributed by atoms with Gasteiger partial charge in [-0.2, -0.15) is 0 Å². The first kappa shape index (κ1) is 17.1. The molecule has 1 saturated heterocycles. The van der Waals surface area contributed by atoms with Crippen LogP contribution in [0.5, 0.6) is 0 Å². The summed E-state index contributed by atoms with van der Waals surface area (Å²) in [5, 5.41) is 11.5. The van der Waals surface area contributed by atoms with Crippen molar-refractivity contribution in [2.45, 2.75) is 32.4 Å². The van der Waals surface area contributed by atoms with Gasteiger partial charge in [0.1, 0.15) is 6.04 Å². The summed E-state index contributed by atoms with van der Waals surface area (Å²) in [5.74, 6) is -2.56. The predicted molar refractivity (Wildman–Crippen MR) is 84.0 cm³/mol. The number of carboxylic acids is 1. The van der Waals surface area contributed by atoms with E-state index in [4.69, 9.17) is 5.11 Å². The molecule has 1 fully saturated rings. The maximum atomic E-state index is 12.2. The molecule has 1 aliphatic heterocycles. The third-order valence-corrected chi connectivity index (χ3v) is 3.87. The van der Waals surface area contributed by atoms with E-state index in [1.807, 2.05) is 0 Å². The number of benzene rings is 1. The van der Waals surface area contributed by atoms with Gasteiger partial charge < -0.3 is 10.4 Å². The predicted octanol–water partition coefficient (Wildman–Crippen LogP) is 1.41. The van der Waals surface area contributed by atoms with Crippen LogP contribution in [-0.2, 0) is 9.59 Å². The fourth-order valence-electron chi connectivity index (χ4n) is 2.39. The average Bonchev–Trinajstić information content (AvgIpc) is 2.72. The van der Waals surface area contributed by atoms with Crippen molar-refractivity contribution >= 4 is 39.6 Å². The Morgan fingerprint density at radius 1 is 1.26 bits per heavy atom. The quantitative estimate of drug-likeness (QED) is 0.766. The van der Waals surface area contributed by atoms with Gasteiger partial charge in [0.05, 0.1) is 12.0 Å². The lowest BCUT2D eigenvalue weighted by atomic mass is 10.1. The fraction of sp³-hybridized carbons (Fsp3) is 0.333. The van der Waals surface area contributed by atoms with Gasteiger partial charge in [-0.3, -0.25) is 19.3 Å². The number of aromatic carboxylic acids is 1. The third-order valence-electron chi connectivity index (χ3n) is 3.41. The van der Waals surface area contributed by atoms with Gasteiger partial charge in [-0.25, -0.2) is 4.79 Å². The third kappa shape index (κ3) is 3.58. The van der Waals surface area contributed by atoms with Crippen molar-refractivity contribution < 1.29 is 24.3 Å². The molecule has 2 rings (SSSR count). The molecular weight excluding hydrogens is 368 g/mol. The number of halogens is 1. The van der Waals surface area contributed by atoms with E-state index < -0.39 is 23.8 Å². The SMILES string of the molecule is CC(C)N1C(=O)CC(NC(=O)c2cc(Br)cc(C(=O)O)c2)C1=O. The van der Waals surface area contributed by atoms with Crippen LogP contribution in [0, 0.1) is 0 Å². The van der Waals surface area contributed by atoms with Crippen LogP contribution in [0.2, 0.25) is 0 Å². The summed E-state index contributed by atoms with van der Waals surface area (Å²) in [6.45, 7) is 3.43. The number of carbonyl (C=O) groups is 4. The minimum atomic E-state index is -1.17. The number of nitrogens with one attached hydrogen (secondary N) is 1. The Bertz CT molecular complexity index is 701. The largest absolute Gasteiger partial charge is 0.478 e. The van der Waals surface area contributed by atoms with Crippen LogP contribution in [0.4, 0.5) is 0 Å². The molecule has 1 aliphatic rings. The van der Waals surface area contributed by atoms with Crippen LogP contribution >= 0.6 is 15.9 Å². The van der Waals surface area contributed by atoms with Crippen molar-refractivity contribution in [1.29, 1.82) is 0 Å². The van der Waals surface area contributed by atoms with Gasteiger partial charge in [0.15, 0.2) is 0 Å². The molecule has 0 aromatic heterocycles. The molecule has 7 nitrogen and oxygen atoms in total. The molecule has 0 spiro atoms. The summed E-state index contributed by atoms with van der Waals surface area (Å²) in [5.41, 5.74) is 0.0437. The molecular formula is C15H15BrN2O5. The van der Waals surface area contributed by atoms with Gasteiger partial charge >= 0.3 is 5.97 Å². The lowest BCUT2D eigenvalue weighted by Gasteiger charge is -2.19. The summed E-state index contributed by atoms with van der Waals surface area (Å²) in [7, 11) is 0. The zero-order valence-electron chi connectivity index (χ0n) is 12.5. The van der Waals surface area contributed by atoms with Gasteiger partial charge in [-0.05, 0) is 32.0 Å². The Morgan fingerprint density at radius 3 is 2.39 bits per heavy atom. The highest BCUT2D eigenvalue weighted by molar-refractivity contribution is 9.10. The van der Waals surface area contributed by atoms with E-state index in [2.05, 4.69) is 21.2 Å². The maximum Gasteiger partial charge on any atom is 0.335 e. The number of nitrogens with zero attached hydrogens (tertiary/aromatic N) is 1. The highest BCUT2D eigenvalue weighted by Crippen LogP contribution is 2.19. The van der Waals surface area contributed by atoms with Crippen molar-refractivity contribution in [1.82, 2.24) is 10.2 Å². The lowest BCUT2D eigenvalue weighted by Crippen LogP contribution is -2.43. The summed E-state index contributed by atoms with van der Waals surface area (Å²) < 4.78 is 0.431. The van der Waals surface area contributed by atoms with Crippen molar-refractivity contribution in [2.75, 3.05) is 0 Å². The standard InChI is InChI=1S/C15H15BrN2O5/c1-7(2)18-12(19)6-11(14(18)21)17-13(20)8-3-9(15(22)23)5-10(16)4-8/h3-5,7,11H,6H2,1-2H3,(H,17,20)(H,22,23). The lowest BCUT2D eigenvalue weighted by molar-refractivity contribution is -0.140. The molecule has 3 amide bonds. The van der Waals surface area contributed by atoms with Crippen LogP contribution in [0.25, 0.3) is 0 Å². The zero-order chi connectivity index (χ0) is 17.3. The molecule has 122 valence electrons. The Balaban J connectivity index is 2.19. The smallest absolute Gasteiger partial charge is 0.335 e. The van der Waals surface area contributed by atoms with Crippen LogP contribution in [0.1, 0.15) is 41.0 Å². The fourth-order valence-corrected chi connectivity index (χ4v) is 2.89. The first-order chi connectivity index (χ1) is 10.7. The molecule has 0 aliphatic carbocycles. The zero-order valence-corrected chi connectivity index (χ0v) is 14.1. The molecule has 1 aromatic carbocycles. The minimum absolute atomic E-state index is 0.0536. The summed E-state index contributed by atoms with van der Waals surface area (Å²) in [6, 6.07) is 2.82. The number of imide groups is 1. The van der Waals surface area contributed by atoms with Crippen molar-refractivity contribution in [3.63, 3.8) is 0 Å². The molecule has 0 saturated carbocycles. The molecule has 1 aromatic rings. The van der Waals surface area contributed by atoms with Crippen molar-refractivity contribution in [3.05, 3.63) is 33.8 Å². The van der Waals surface area contributed by atoms with Crippen LogP contribution in [0.3, 0.4) is 0 Å². The van der Waals surface area contributed by atoms with Crippen LogP contribution in [-0.4, -0.2) is 45.8 Å². The number of likely N-dealkylation sites (tertiary alicyclic amines) is 1. The Hall–Kier alpha value is -2.22. The van der Waals surface area contributed by atoms with Crippen molar-refractivity contribution in [3.8, 4) is 0 Å². The number of amides is 3. The van der Waals surface area contributed by atoms with Gasteiger partial charge in [0.25, 0.3) is 11.8 Å². The van der Waals surface area contributed by atoms with E-state index in [1.165, 1.54) is 18.2 Å². The van der Waals surface area contributed by atoms with Gasteiger partial charge in [-0.15, -0.1) is 0 Å². The topological polar surface area (TPSA) is 104 Å². The molecule has 1 heterocycles. The first-order valence-electron chi connectivity index (χ1n) is 6.91. The van der Waals surface area contributed by atoms with E-state index in [9.17, 15) is 19.2 Å². The normalized spacial score (nSPS) is 17.7. The number of carboxylic acid groups (broad SMARTS) is 1. The van der Waals surface area contributed by atoms with Crippen LogP contribution in [0.15, 0.2) is 22.7 Å². The average molecular weight is 383 g/mol. The van der Waals surface area contributed by atoms with E-state index in [0.717, 1.165) is 4.90 Å². The first-order valence-corrected chi connectivity index (χ1v) is 7.70.